The fourth-order valence-corrected chi connectivity index (χ4v) is 1.01. The summed E-state index contributed by atoms with van der Waals surface area (Å²) in [4.78, 5) is 15.1. The van der Waals surface area contributed by atoms with Crippen LogP contribution >= 0.6 is 0 Å². The molecule has 0 saturated heterocycles. The van der Waals surface area contributed by atoms with Crippen LogP contribution in [0.3, 0.4) is 0 Å². The predicted octanol–water partition coefficient (Wildman–Crippen LogP) is 0.476. The van der Waals surface area contributed by atoms with Crippen molar-refractivity contribution in [3.05, 3.63) is 17.8 Å². The van der Waals surface area contributed by atoms with Crippen LogP contribution in [-0.2, 0) is 9.47 Å². The number of hydrogen-bond acceptors (Lipinski definition) is 6. The Labute approximate surface area is 93.3 Å². The summed E-state index contributed by atoms with van der Waals surface area (Å²) in [6.45, 7) is 0.738. The monoisotopic (exact) mass is 226 g/mol. The summed E-state index contributed by atoms with van der Waals surface area (Å²) in [7, 11) is 2.84. The summed E-state index contributed by atoms with van der Waals surface area (Å²) < 4.78 is 14.6. The quantitative estimate of drug-likeness (QED) is 0.580. The van der Waals surface area contributed by atoms with Gasteiger partial charge in [-0.25, -0.2) is 9.78 Å². The van der Waals surface area contributed by atoms with Crippen LogP contribution in [0.15, 0.2) is 12.1 Å². The minimum absolute atomic E-state index is 0.157. The van der Waals surface area contributed by atoms with Crippen LogP contribution in [0.4, 0.5) is 5.69 Å². The minimum atomic E-state index is -0.531. The number of nitrogens with zero attached hydrogens (tertiary/aromatic N) is 1. The second kappa shape index (κ2) is 5.92. The van der Waals surface area contributed by atoms with Gasteiger partial charge in [0, 0.05) is 7.11 Å². The van der Waals surface area contributed by atoms with E-state index in [0.717, 1.165) is 0 Å². The van der Waals surface area contributed by atoms with Gasteiger partial charge in [-0.2, -0.15) is 0 Å². The van der Waals surface area contributed by atoms with Gasteiger partial charge >= 0.3 is 5.97 Å². The molecule has 88 valence electrons. The molecule has 0 atom stereocenters. The van der Waals surface area contributed by atoms with E-state index in [-0.39, 0.29) is 11.6 Å². The second-order valence-corrected chi connectivity index (χ2v) is 2.92. The van der Waals surface area contributed by atoms with E-state index in [1.807, 2.05) is 0 Å². The zero-order valence-corrected chi connectivity index (χ0v) is 9.23. The zero-order valence-electron chi connectivity index (χ0n) is 9.23. The van der Waals surface area contributed by atoms with E-state index >= 15 is 0 Å². The fraction of sp³-hybridized carbons (Fsp3) is 0.400. The molecule has 0 saturated carbocycles. The molecular weight excluding hydrogens is 212 g/mol. The minimum Gasteiger partial charge on any atom is -0.474 e. The van der Waals surface area contributed by atoms with Crippen LogP contribution in [-0.4, -0.2) is 38.4 Å². The Bertz CT molecular complexity index is 368. The lowest BCUT2D eigenvalue weighted by Gasteiger charge is -2.08. The third-order valence-corrected chi connectivity index (χ3v) is 1.81. The largest absolute Gasteiger partial charge is 0.474 e. The Balaban J connectivity index is 2.78. The molecule has 6 nitrogen and oxygen atoms in total. The molecule has 0 unspecified atom stereocenters. The van der Waals surface area contributed by atoms with Crippen molar-refractivity contribution < 1.29 is 19.0 Å². The van der Waals surface area contributed by atoms with Crippen LogP contribution in [0.1, 0.15) is 10.5 Å². The van der Waals surface area contributed by atoms with Crippen LogP contribution in [0.2, 0.25) is 0 Å². The van der Waals surface area contributed by atoms with Crippen LogP contribution in [0.5, 0.6) is 5.88 Å². The maximum absolute atomic E-state index is 11.2. The number of hydrogen-bond donors (Lipinski definition) is 1. The number of methoxy groups -OCH3 is 2. The summed E-state index contributed by atoms with van der Waals surface area (Å²) >= 11 is 0. The average molecular weight is 226 g/mol. The van der Waals surface area contributed by atoms with Crippen molar-refractivity contribution in [3.8, 4) is 5.88 Å². The molecule has 6 heteroatoms. The van der Waals surface area contributed by atoms with Crippen LogP contribution in [0, 0.1) is 0 Å². The number of rotatable bonds is 5. The Hall–Kier alpha value is -1.82. The number of carbonyl (C=O) groups excluding carboxylic acids is 1. The molecule has 0 aliphatic heterocycles. The van der Waals surface area contributed by atoms with Gasteiger partial charge < -0.3 is 19.9 Å². The molecule has 0 bridgehead atoms. The standard InChI is InChI=1S/C10H14N2O4/c1-14-5-6-16-9-7(11)3-4-8(12-9)10(13)15-2/h3-4H,5-6,11H2,1-2H3. The molecule has 1 rings (SSSR count). The van der Waals surface area contributed by atoms with Crippen molar-refractivity contribution in [1.29, 1.82) is 0 Å². The van der Waals surface area contributed by atoms with E-state index in [4.69, 9.17) is 15.2 Å². The van der Waals surface area contributed by atoms with E-state index in [2.05, 4.69) is 9.72 Å². The normalized spacial score (nSPS) is 9.88. The van der Waals surface area contributed by atoms with Gasteiger partial charge in [-0.3, -0.25) is 0 Å². The van der Waals surface area contributed by atoms with Gasteiger partial charge in [-0.15, -0.1) is 0 Å². The maximum Gasteiger partial charge on any atom is 0.356 e. The van der Waals surface area contributed by atoms with Gasteiger partial charge in [0.05, 0.1) is 19.4 Å². The summed E-state index contributed by atoms with van der Waals surface area (Å²) in [6, 6.07) is 3.02. The Morgan fingerprint density at radius 1 is 1.38 bits per heavy atom. The number of nitrogen functional groups attached to an aromatic ring is 1. The predicted molar refractivity (Wildman–Crippen MR) is 57.4 cm³/mol. The van der Waals surface area contributed by atoms with Gasteiger partial charge in [0.15, 0.2) is 5.69 Å². The first-order valence-corrected chi connectivity index (χ1v) is 4.65. The summed E-state index contributed by atoms with van der Waals surface area (Å²) in [5, 5.41) is 0. The Kier molecular flexibility index (Phi) is 4.53. The van der Waals surface area contributed by atoms with Gasteiger partial charge in [-0.1, -0.05) is 0 Å². The first-order valence-electron chi connectivity index (χ1n) is 4.65. The molecular formula is C10H14N2O4. The van der Waals surface area contributed by atoms with E-state index < -0.39 is 5.97 Å². The molecule has 0 aliphatic carbocycles. The van der Waals surface area contributed by atoms with Crippen molar-refractivity contribution in [1.82, 2.24) is 4.98 Å². The SMILES string of the molecule is COCCOc1nc(C(=O)OC)ccc1N. The number of nitrogens with two attached hydrogens (primary N) is 1. The molecule has 0 amide bonds. The molecule has 0 radical (unpaired) electrons. The van der Waals surface area contributed by atoms with Crippen LogP contribution in [0.25, 0.3) is 0 Å². The number of ether oxygens (including phenoxy) is 3. The zero-order chi connectivity index (χ0) is 12.0. The Morgan fingerprint density at radius 2 is 2.12 bits per heavy atom. The van der Waals surface area contributed by atoms with Crippen molar-refractivity contribution in [2.24, 2.45) is 0 Å². The van der Waals surface area contributed by atoms with E-state index in [1.54, 1.807) is 13.2 Å². The number of aromatic nitrogens is 1. The molecule has 0 aliphatic rings. The number of esters is 1. The van der Waals surface area contributed by atoms with Gasteiger partial charge in [0.2, 0.25) is 5.88 Å². The first-order chi connectivity index (χ1) is 7.69. The molecule has 0 fully saturated rings. The van der Waals surface area contributed by atoms with Gasteiger partial charge in [-0.05, 0) is 12.1 Å². The highest BCUT2D eigenvalue weighted by molar-refractivity contribution is 5.87. The highest BCUT2D eigenvalue weighted by Gasteiger charge is 2.10. The lowest BCUT2D eigenvalue weighted by molar-refractivity contribution is 0.0592. The molecule has 0 aromatic carbocycles. The van der Waals surface area contributed by atoms with Crippen molar-refractivity contribution in [2.45, 2.75) is 0 Å². The van der Waals surface area contributed by atoms with Crippen molar-refractivity contribution >= 4 is 11.7 Å². The molecule has 0 spiro atoms. The molecule has 1 aromatic heterocycles. The first kappa shape index (κ1) is 12.3. The van der Waals surface area contributed by atoms with Gasteiger partial charge in [0.1, 0.15) is 6.61 Å². The summed E-state index contributed by atoms with van der Waals surface area (Å²) in [5.74, 6) is -0.323. The van der Waals surface area contributed by atoms with E-state index in [0.29, 0.717) is 18.9 Å². The maximum atomic E-state index is 11.2. The highest BCUT2D eigenvalue weighted by Crippen LogP contribution is 2.18. The molecule has 16 heavy (non-hydrogen) atoms. The number of carbonyl (C=O) groups is 1. The van der Waals surface area contributed by atoms with Crippen molar-refractivity contribution in [3.63, 3.8) is 0 Å². The number of pyridine rings is 1. The molecule has 1 aromatic rings. The van der Waals surface area contributed by atoms with E-state index in [9.17, 15) is 4.79 Å². The fourth-order valence-electron chi connectivity index (χ4n) is 1.01. The second-order valence-electron chi connectivity index (χ2n) is 2.92. The summed E-state index contributed by atoms with van der Waals surface area (Å²) in [6.07, 6.45) is 0. The lowest BCUT2D eigenvalue weighted by Crippen LogP contribution is -2.10. The van der Waals surface area contributed by atoms with Crippen molar-refractivity contribution in [2.75, 3.05) is 33.2 Å². The number of anilines is 1. The van der Waals surface area contributed by atoms with E-state index in [1.165, 1.54) is 13.2 Å². The summed E-state index contributed by atoms with van der Waals surface area (Å²) in [5.41, 5.74) is 6.15. The Morgan fingerprint density at radius 3 is 2.75 bits per heavy atom. The highest BCUT2D eigenvalue weighted by atomic mass is 16.5. The molecule has 1 heterocycles. The molecule has 2 N–H and O–H groups in total. The van der Waals surface area contributed by atoms with Gasteiger partial charge in [0.25, 0.3) is 0 Å². The topological polar surface area (TPSA) is 83.7 Å². The third kappa shape index (κ3) is 3.09. The lowest BCUT2D eigenvalue weighted by atomic mass is 10.3. The average Bonchev–Trinajstić information content (AvgIpc) is 2.31. The van der Waals surface area contributed by atoms with Crippen LogP contribution < -0.4 is 10.5 Å². The smallest absolute Gasteiger partial charge is 0.356 e. The third-order valence-electron chi connectivity index (χ3n) is 1.81.